The van der Waals surface area contributed by atoms with Crippen molar-refractivity contribution in [3.05, 3.63) is 36.2 Å². The van der Waals surface area contributed by atoms with E-state index in [4.69, 9.17) is 0 Å². The molecule has 0 spiro atoms. The number of rotatable bonds is 0. The number of aryl methyl sites for hydroxylation is 2. The van der Waals surface area contributed by atoms with Crippen molar-refractivity contribution in [2.24, 2.45) is 0 Å². The summed E-state index contributed by atoms with van der Waals surface area (Å²) in [5.41, 5.74) is 2.58. The number of fused-ring (bicyclic) bond motifs is 3. The van der Waals surface area contributed by atoms with Crippen LogP contribution in [0.4, 0.5) is 0 Å². The smallest absolute Gasteiger partial charge is 0.228 e. The fraction of sp³-hybridized carbons (Fsp3) is 0.333. The van der Waals surface area contributed by atoms with E-state index in [9.17, 15) is 0 Å². The van der Waals surface area contributed by atoms with Gasteiger partial charge in [-0.15, -0.1) is 0 Å². The number of hydrogen-bond acceptors (Lipinski definition) is 1. The van der Waals surface area contributed by atoms with Crippen molar-refractivity contribution >= 4 is 11.0 Å². The van der Waals surface area contributed by atoms with E-state index in [1.165, 1.54) is 30.3 Å². The minimum atomic E-state index is 1.13. The van der Waals surface area contributed by atoms with Gasteiger partial charge in [-0.05, 0) is 42.1 Å². The Balaban J connectivity index is 2.34. The van der Waals surface area contributed by atoms with E-state index in [0.717, 1.165) is 12.2 Å². The highest BCUT2D eigenvalue weighted by atomic mass is 15.0. The van der Waals surface area contributed by atoms with E-state index in [1.807, 2.05) is 12.3 Å². The molecule has 1 aliphatic heterocycles. The second-order valence-electron chi connectivity index (χ2n) is 3.85. The molecule has 0 aliphatic carbocycles. The van der Waals surface area contributed by atoms with Crippen molar-refractivity contribution < 1.29 is 4.57 Å². The lowest BCUT2D eigenvalue weighted by atomic mass is 10.1. The molecule has 0 fully saturated rings. The van der Waals surface area contributed by atoms with Crippen LogP contribution in [-0.2, 0) is 13.0 Å². The lowest BCUT2D eigenvalue weighted by Gasteiger charge is -2.13. The van der Waals surface area contributed by atoms with Crippen molar-refractivity contribution in [3.8, 4) is 0 Å². The molecular formula is C12H13N2+. The first-order chi connectivity index (χ1) is 6.95. The Hall–Kier alpha value is -1.44. The summed E-state index contributed by atoms with van der Waals surface area (Å²) in [6, 6.07) is 8.55. The number of pyridine rings is 2. The number of hydrogen-bond donors (Lipinski definition) is 0. The molecule has 0 N–H and O–H groups in total. The maximum atomic E-state index is 4.46. The van der Waals surface area contributed by atoms with Gasteiger partial charge in [0.15, 0.2) is 0 Å². The first-order valence-electron chi connectivity index (χ1n) is 5.21. The lowest BCUT2D eigenvalue weighted by Crippen LogP contribution is -2.42. The van der Waals surface area contributed by atoms with Gasteiger partial charge in [-0.25, -0.2) is 4.57 Å². The molecule has 0 saturated carbocycles. The Kier molecular flexibility index (Phi) is 1.72. The minimum absolute atomic E-state index is 1.13. The molecule has 3 rings (SSSR count). The topological polar surface area (TPSA) is 16.8 Å². The highest BCUT2D eigenvalue weighted by molar-refractivity contribution is 5.71. The molecular weight excluding hydrogens is 172 g/mol. The van der Waals surface area contributed by atoms with Gasteiger partial charge in [0.05, 0.1) is 11.9 Å². The van der Waals surface area contributed by atoms with Crippen LogP contribution < -0.4 is 4.57 Å². The maximum Gasteiger partial charge on any atom is 0.330 e. The first kappa shape index (κ1) is 7.92. The third-order valence-corrected chi connectivity index (χ3v) is 2.94. The highest BCUT2D eigenvalue weighted by Crippen LogP contribution is 2.13. The van der Waals surface area contributed by atoms with Gasteiger partial charge in [0.2, 0.25) is 0 Å². The Bertz CT molecular complexity index is 477. The summed E-state index contributed by atoms with van der Waals surface area (Å²) in [7, 11) is 0. The van der Waals surface area contributed by atoms with E-state index in [2.05, 4.69) is 27.8 Å². The molecule has 0 saturated heterocycles. The summed E-state index contributed by atoms with van der Waals surface area (Å²) in [4.78, 5) is 4.46. The van der Waals surface area contributed by atoms with E-state index < -0.39 is 0 Å². The minimum Gasteiger partial charge on any atom is -0.228 e. The molecule has 1 aliphatic rings. The molecule has 3 heterocycles. The Morgan fingerprint density at radius 2 is 2.14 bits per heavy atom. The molecule has 0 unspecified atom stereocenters. The molecule has 0 bridgehead atoms. The summed E-state index contributed by atoms with van der Waals surface area (Å²) in [5.74, 6) is 0. The average molecular weight is 185 g/mol. The van der Waals surface area contributed by atoms with Crippen molar-refractivity contribution in [2.45, 2.75) is 25.8 Å². The Morgan fingerprint density at radius 1 is 1.14 bits per heavy atom. The van der Waals surface area contributed by atoms with Gasteiger partial charge in [-0.3, -0.25) is 0 Å². The number of nitrogens with zero attached hydrogens (tertiary/aromatic N) is 2. The second-order valence-corrected chi connectivity index (χ2v) is 3.85. The van der Waals surface area contributed by atoms with E-state index in [0.29, 0.717) is 0 Å². The van der Waals surface area contributed by atoms with Gasteiger partial charge in [-0.1, -0.05) is 0 Å². The molecule has 0 amide bonds. The van der Waals surface area contributed by atoms with E-state index >= 15 is 0 Å². The molecule has 0 atom stereocenters. The average Bonchev–Trinajstić information content (AvgIpc) is 2.29. The normalized spacial score (nSPS) is 15.4. The van der Waals surface area contributed by atoms with Crippen LogP contribution in [0, 0.1) is 0 Å². The van der Waals surface area contributed by atoms with Gasteiger partial charge < -0.3 is 0 Å². The van der Waals surface area contributed by atoms with Crippen LogP contribution in [0.3, 0.4) is 0 Å². The Labute approximate surface area is 83.2 Å². The van der Waals surface area contributed by atoms with E-state index in [-0.39, 0.29) is 0 Å². The molecule has 2 heteroatoms. The summed E-state index contributed by atoms with van der Waals surface area (Å²) in [5, 5.41) is 1.25. The van der Waals surface area contributed by atoms with E-state index in [1.54, 1.807) is 0 Å². The second kappa shape index (κ2) is 3.05. The number of aromatic nitrogens is 2. The van der Waals surface area contributed by atoms with Crippen LogP contribution in [0.15, 0.2) is 30.5 Å². The van der Waals surface area contributed by atoms with Crippen LogP contribution >= 0.6 is 0 Å². The molecule has 14 heavy (non-hydrogen) atoms. The highest BCUT2D eigenvalue weighted by Gasteiger charge is 2.17. The van der Waals surface area contributed by atoms with Crippen LogP contribution in [0.25, 0.3) is 11.0 Å². The predicted molar refractivity (Wildman–Crippen MR) is 54.9 cm³/mol. The maximum absolute atomic E-state index is 4.46. The summed E-state index contributed by atoms with van der Waals surface area (Å²) >= 11 is 0. The first-order valence-corrected chi connectivity index (χ1v) is 5.21. The molecule has 2 aromatic rings. The van der Waals surface area contributed by atoms with Gasteiger partial charge in [0.25, 0.3) is 0 Å². The zero-order valence-electron chi connectivity index (χ0n) is 8.11. The molecule has 70 valence electrons. The van der Waals surface area contributed by atoms with Gasteiger partial charge in [-0.2, -0.15) is 0 Å². The zero-order chi connectivity index (χ0) is 9.38. The molecule has 0 aromatic carbocycles. The third-order valence-electron chi connectivity index (χ3n) is 2.94. The zero-order valence-corrected chi connectivity index (χ0v) is 8.11. The standard InChI is InChI=1S/C12H13N2/c1-2-9-14-11(5-1)7-6-10-4-3-8-13-12(10)14/h3-4,6-8H,1-2,5,9H2/q+1. The van der Waals surface area contributed by atoms with Crippen LogP contribution in [0.5, 0.6) is 0 Å². The van der Waals surface area contributed by atoms with Crippen LogP contribution in [0.1, 0.15) is 18.5 Å². The Morgan fingerprint density at radius 3 is 3.14 bits per heavy atom. The van der Waals surface area contributed by atoms with Crippen LogP contribution in [0.2, 0.25) is 0 Å². The molecule has 2 nitrogen and oxygen atoms in total. The summed E-state index contributed by atoms with van der Waals surface area (Å²) in [6.07, 6.45) is 5.68. The van der Waals surface area contributed by atoms with Gasteiger partial charge in [0, 0.05) is 6.42 Å². The summed E-state index contributed by atoms with van der Waals surface area (Å²) in [6.45, 7) is 1.13. The fourth-order valence-corrected chi connectivity index (χ4v) is 2.22. The van der Waals surface area contributed by atoms with Crippen molar-refractivity contribution in [3.63, 3.8) is 0 Å². The largest absolute Gasteiger partial charge is 0.330 e. The molecule has 0 radical (unpaired) electrons. The predicted octanol–water partition coefficient (Wildman–Crippen LogP) is 1.86. The summed E-state index contributed by atoms with van der Waals surface area (Å²) < 4.78 is 2.36. The monoisotopic (exact) mass is 185 g/mol. The van der Waals surface area contributed by atoms with Gasteiger partial charge >= 0.3 is 5.65 Å². The third kappa shape index (κ3) is 1.10. The quantitative estimate of drug-likeness (QED) is 0.572. The van der Waals surface area contributed by atoms with Crippen molar-refractivity contribution in [1.82, 2.24) is 4.98 Å². The van der Waals surface area contributed by atoms with Gasteiger partial charge in [0.1, 0.15) is 11.9 Å². The van der Waals surface area contributed by atoms with Crippen molar-refractivity contribution in [1.29, 1.82) is 0 Å². The van der Waals surface area contributed by atoms with Crippen LogP contribution in [-0.4, -0.2) is 4.98 Å². The lowest BCUT2D eigenvalue weighted by molar-refractivity contribution is -0.686. The molecule has 2 aromatic heterocycles. The SMILES string of the molecule is c1cnc2c(c1)ccc1[n+]2CCCC1. The van der Waals surface area contributed by atoms with Crippen molar-refractivity contribution in [2.75, 3.05) is 0 Å². The fourth-order valence-electron chi connectivity index (χ4n) is 2.22.